The van der Waals surface area contributed by atoms with Crippen molar-refractivity contribution in [3.63, 3.8) is 0 Å². The third-order valence-electron chi connectivity index (χ3n) is 2.81. The van der Waals surface area contributed by atoms with E-state index in [1.54, 1.807) is 6.07 Å². The number of hydrogen-bond acceptors (Lipinski definition) is 4. The Hall–Kier alpha value is -1.53. The molecular weight excluding hydrogens is 359 g/mol. The van der Waals surface area contributed by atoms with E-state index in [-0.39, 0.29) is 14.9 Å². The second kappa shape index (κ2) is 7.84. The van der Waals surface area contributed by atoms with Crippen LogP contribution in [0.3, 0.4) is 0 Å². The van der Waals surface area contributed by atoms with Crippen LogP contribution >= 0.6 is 23.2 Å². The lowest BCUT2D eigenvalue weighted by Gasteiger charge is -2.10. The smallest absolute Gasteiger partial charge is 0.296 e. The molecule has 1 aliphatic rings. The minimum absolute atomic E-state index is 0.0486. The van der Waals surface area contributed by atoms with Gasteiger partial charge in [0.25, 0.3) is 10.1 Å². The van der Waals surface area contributed by atoms with Crippen molar-refractivity contribution in [3.05, 3.63) is 64.1 Å². The number of rotatable bonds is 2. The fourth-order valence-electron chi connectivity index (χ4n) is 1.76. The number of fused-ring (bicyclic) bond motifs is 1. The maximum atomic E-state index is 11.2. The van der Waals surface area contributed by atoms with E-state index in [2.05, 4.69) is 4.18 Å². The number of benzene rings is 2. The molecule has 0 aliphatic carbocycles. The molecule has 0 bridgehead atoms. The van der Waals surface area contributed by atoms with Crippen LogP contribution in [0, 0.1) is 0 Å². The van der Waals surface area contributed by atoms with Crippen molar-refractivity contribution in [2.75, 3.05) is 13.7 Å². The summed E-state index contributed by atoms with van der Waals surface area (Å²) in [6.07, 6.45) is 3.85. The van der Waals surface area contributed by atoms with Gasteiger partial charge in [-0.2, -0.15) is 8.42 Å². The number of ether oxygens (including phenoxy) is 1. The summed E-state index contributed by atoms with van der Waals surface area (Å²) < 4.78 is 39.4. The van der Waals surface area contributed by atoms with Crippen LogP contribution in [-0.2, 0) is 14.3 Å². The van der Waals surface area contributed by atoms with E-state index < -0.39 is 10.1 Å². The summed E-state index contributed by atoms with van der Waals surface area (Å²) in [6.45, 7) is 0.621. The molecule has 0 aromatic heterocycles. The van der Waals surface area contributed by atoms with Crippen LogP contribution in [0.25, 0.3) is 6.08 Å². The monoisotopic (exact) mass is 373 g/mol. The highest BCUT2D eigenvalue weighted by Crippen LogP contribution is 2.23. The molecule has 0 radical (unpaired) electrons. The fourth-order valence-corrected chi connectivity index (χ4v) is 3.15. The molecule has 0 amide bonds. The van der Waals surface area contributed by atoms with Gasteiger partial charge in [-0.15, -0.1) is 0 Å². The first-order valence-corrected chi connectivity index (χ1v) is 8.65. The Kier molecular flexibility index (Phi) is 5.56. The Labute approximate surface area is 146 Å². The second-order valence-electron chi connectivity index (χ2n) is 4.39. The van der Waals surface area contributed by atoms with Crippen molar-refractivity contribution in [1.29, 1.82) is 0 Å². The van der Waals surface area contributed by atoms with E-state index in [0.29, 0.717) is 12.6 Å². The van der Waals surface area contributed by atoms with Gasteiger partial charge < -0.3 is 4.74 Å². The average molecular weight is 374 g/mol. The van der Waals surface area contributed by atoms with Gasteiger partial charge in [-0.05, 0) is 30.3 Å². The highest BCUT2D eigenvalue weighted by atomic mass is 35.5. The van der Waals surface area contributed by atoms with Crippen molar-refractivity contribution in [3.8, 4) is 5.75 Å². The zero-order chi connectivity index (χ0) is 17.7. The molecule has 2 aromatic carbocycles. The standard InChI is InChI=1S/C9H8O.C7H6Cl2O3S/c1-2-6-9-8(4-1)5-3-7-10-9;1-12-13(10,11)7-3-5(8)2-6(9)4-7/h1-6H,7H2;2-4H,1H3/i4D;. The molecule has 0 atom stereocenters. The molecule has 2 aromatic rings. The summed E-state index contributed by atoms with van der Waals surface area (Å²) >= 11 is 11.2. The van der Waals surface area contributed by atoms with Gasteiger partial charge in [-0.1, -0.05) is 47.5 Å². The minimum Gasteiger partial charge on any atom is -0.489 e. The van der Waals surface area contributed by atoms with E-state index in [0.717, 1.165) is 18.4 Å². The Morgan fingerprint density at radius 2 is 1.91 bits per heavy atom. The van der Waals surface area contributed by atoms with Gasteiger partial charge in [0.2, 0.25) is 0 Å². The van der Waals surface area contributed by atoms with Gasteiger partial charge >= 0.3 is 0 Å². The number of hydrogen-bond donors (Lipinski definition) is 0. The van der Waals surface area contributed by atoms with Gasteiger partial charge in [-0.3, -0.25) is 4.18 Å². The number of para-hydroxylation sites is 1. The molecule has 0 saturated heterocycles. The molecule has 0 N–H and O–H groups in total. The van der Waals surface area contributed by atoms with Crippen LogP contribution in [0.1, 0.15) is 6.93 Å². The third kappa shape index (κ3) is 4.97. The van der Waals surface area contributed by atoms with E-state index >= 15 is 0 Å². The summed E-state index contributed by atoms with van der Waals surface area (Å²) in [7, 11) is -2.64. The minimum atomic E-state index is -3.71. The molecule has 0 unspecified atom stereocenters. The molecule has 0 spiro atoms. The quantitative estimate of drug-likeness (QED) is 0.731. The first-order valence-electron chi connectivity index (χ1n) is 6.99. The third-order valence-corrected chi connectivity index (χ3v) is 4.50. The van der Waals surface area contributed by atoms with Crippen molar-refractivity contribution < 1.29 is 18.7 Å². The van der Waals surface area contributed by atoms with E-state index in [4.69, 9.17) is 29.3 Å². The first-order chi connectivity index (χ1) is 11.3. The van der Waals surface area contributed by atoms with Crippen molar-refractivity contribution >= 4 is 39.4 Å². The van der Waals surface area contributed by atoms with Gasteiger partial charge in [0.05, 0.1) is 13.4 Å². The Bertz CT molecular complexity index is 846. The molecule has 1 aliphatic heterocycles. The average Bonchev–Trinajstić information content (AvgIpc) is 2.55. The van der Waals surface area contributed by atoms with Crippen LogP contribution < -0.4 is 4.74 Å². The largest absolute Gasteiger partial charge is 0.489 e. The molecule has 0 saturated carbocycles. The Morgan fingerprint density at radius 1 is 1.22 bits per heavy atom. The van der Waals surface area contributed by atoms with Gasteiger partial charge in [0, 0.05) is 15.6 Å². The van der Waals surface area contributed by atoms with Crippen LogP contribution in [-0.4, -0.2) is 22.1 Å². The van der Waals surface area contributed by atoms with E-state index in [1.165, 1.54) is 18.2 Å². The summed E-state index contributed by atoms with van der Waals surface area (Å²) in [4.78, 5) is -0.0486. The molecule has 23 heavy (non-hydrogen) atoms. The van der Waals surface area contributed by atoms with Crippen molar-refractivity contribution in [1.82, 2.24) is 0 Å². The van der Waals surface area contributed by atoms with Crippen molar-refractivity contribution in [2.45, 2.75) is 4.90 Å². The molecule has 1 heterocycles. The SMILES string of the molecule is COS(=O)(=O)c1cc(Cl)cc(Cl)c1.[2H]c1cccc2c1C=CCO2. The highest BCUT2D eigenvalue weighted by Gasteiger charge is 2.14. The predicted molar refractivity (Wildman–Crippen MR) is 91.6 cm³/mol. The lowest BCUT2D eigenvalue weighted by Crippen LogP contribution is -2.02. The van der Waals surface area contributed by atoms with E-state index in [9.17, 15) is 8.42 Å². The van der Waals surface area contributed by atoms with Gasteiger partial charge in [-0.25, -0.2) is 0 Å². The molecular formula is C16H14Cl2O4S. The molecule has 0 fully saturated rings. The van der Waals surface area contributed by atoms with Crippen molar-refractivity contribution in [2.24, 2.45) is 0 Å². The molecule has 7 heteroatoms. The summed E-state index contributed by atoms with van der Waals surface area (Å²) in [6, 6.07) is 9.99. The number of halogens is 2. The molecule has 122 valence electrons. The van der Waals surface area contributed by atoms with E-state index in [1.807, 2.05) is 24.3 Å². The maximum absolute atomic E-state index is 11.2. The Balaban J connectivity index is 0.000000175. The van der Waals surface area contributed by atoms with Crippen LogP contribution in [0.4, 0.5) is 0 Å². The predicted octanol–water partition coefficient (Wildman–Crippen LogP) is 4.42. The first kappa shape index (κ1) is 16.3. The maximum Gasteiger partial charge on any atom is 0.296 e. The highest BCUT2D eigenvalue weighted by molar-refractivity contribution is 7.86. The van der Waals surface area contributed by atoms with Gasteiger partial charge in [0.1, 0.15) is 12.4 Å². The Morgan fingerprint density at radius 3 is 2.52 bits per heavy atom. The topological polar surface area (TPSA) is 52.6 Å². The van der Waals surface area contributed by atoms with Gasteiger partial charge in [0.15, 0.2) is 0 Å². The molecule has 4 nitrogen and oxygen atoms in total. The fraction of sp³-hybridized carbons (Fsp3) is 0.125. The lowest BCUT2D eigenvalue weighted by atomic mass is 10.1. The summed E-state index contributed by atoms with van der Waals surface area (Å²) in [5.74, 6) is 0.819. The zero-order valence-electron chi connectivity index (χ0n) is 13.1. The second-order valence-corrected chi connectivity index (χ2v) is 6.97. The molecule has 3 rings (SSSR count). The normalized spacial score (nSPS) is 13.3. The summed E-state index contributed by atoms with van der Waals surface area (Å²) in [5.41, 5.74) is 0.888. The zero-order valence-corrected chi connectivity index (χ0v) is 14.5. The van der Waals surface area contributed by atoms with Crippen LogP contribution in [0.2, 0.25) is 10.0 Å². The summed E-state index contributed by atoms with van der Waals surface area (Å²) in [5, 5.41) is 0.506. The van der Waals surface area contributed by atoms with Crippen LogP contribution in [0.5, 0.6) is 5.75 Å². The van der Waals surface area contributed by atoms with Crippen LogP contribution in [0.15, 0.2) is 53.4 Å². The lowest BCUT2D eigenvalue weighted by molar-refractivity contribution is 0.358.